The molecule has 2 aromatic carbocycles. The molecule has 0 bridgehead atoms. The SMILES string of the molecule is Cn1nccc1-c1nnc(N2CCC(NCc3ccc(F)cc3C(F)(F)F)CC2)c2ccccc12. The van der Waals surface area contributed by atoms with Gasteiger partial charge in [-0.05, 0) is 36.6 Å². The number of benzene rings is 2. The molecule has 3 heterocycles. The van der Waals surface area contributed by atoms with Gasteiger partial charge in [-0.25, -0.2) is 4.39 Å². The van der Waals surface area contributed by atoms with E-state index in [9.17, 15) is 17.6 Å². The first-order chi connectivity index (χ1) is 16.8. The molecule has 0 aliphatic carbocycles. The van der Waals surface area contributed by atoms with Crippen LogP contribution >= 0.6 is 0 Å². The first kappa shape index (κ1) is 23.2. The molecule has 1 saturated heterocycles. The third-order valence-electron chi connectivity index (χ3n) is 6.48. The van der Waals surface area contributed by atoms with E-state index in [1.807, 2.05) is 37.4 Å². The van der Waals surface area contributed by atoms with E-state index in [-0.39, 0.29) is 18.2 Å². The van der Waals surface area contributed by atoms with Crippen LogP contribution in [-0.4, -0.2) is 39.1 Å². The van der Waals surface area contributed by atoms with Crippen LogP contribution in [0.4, 0.5) is 23.4 Å². The maximum Gasteiger partial charge on any atom is 0.416 e. The molecule has 182 valence electrons. The lowest BCUT2D eigenvalue weighted by atomic mass is 10.0. The third-order valence-corrected chi connectivity index (χ3v) is 6.48. The minimum atomic E-state index is -4.59. The number of hydrogen-bond acceptors (Lipinski definition) is 5. The Morgan fingerprint density at radius 3 is 2.43 bits per heavy atom. The van der Waals surface area contributed by atoms with E-state index in [1.165, 1.54) is 6.07 Å². The number of nitrogens with zero attached hydrogens (tertiary/aromatic N) is 5. The second-order valence-electron chi connectivity index (χ2n) is 8.70. The van der Waals surface area contributed by atoms with Crippen molar-refractivity contribution in [3.8, 4) is 11.4 Å². The van der Waals surface area contributed by atoms with Crippen LogP contribution in [0.5, 0.6) is 0 Å². The zero-order chi connectivity index (χ0) is 24.6. The van der Waals surface area contributed by atoms with E-state index in [1.54, 1.807) is 10.9 Å². The molecule has 2 aromatic heterocycles. The first-order valence-corrected chi connectivity index (χ1v) is 11.4. The van der Waals surface area contributed by atoms with Crippen molar-refractivity contribution in [2.45, 2.75) is 31.6 Å². The van der Waals surface area contributed by atoms with Crippen molar-refractivity contribution < 1.29 is 17.6 Å². The molecule has 35 heavy (non-hydrogen) atoms. The molecule has 0 saturated carbocycles. The predicted octanol–water partition coefficient (Wildman–Crippen LogP) is 4.95. The van der Waals surface area contributed by atoms with Crippen LogP contribution in [0.3, 0.4) is 0 Å². The van der Waals surface area contributed by atoms with Crippen LogP contribution in [0.2, 0.25) is 0 Å². The molecule has 1 aliphatic heterocycles. The van der Waals surface area contributed by atoms with Crippen molar-refractivity contribution in [3.63, 3.8) is 0 Å². The van der Waals surface area contributed by atoms with E-state index < -0.39 is 17.6 Å². The van der Waals surface area contributed by atoms with Crippen molar-refractivity contribution in [3.05, 3.63) is 71.7 Å². The fourth-order valence-electron chi connectivity index (χ4n) is 4.64. The summed E-state index contributed by atoms with van der Waals surface area (Å²) in [6.07, 6.45) is -1.39. The van der Waals surface area contributed by atoms with Crippen LogP contribution in [0.25, 0.3) is 22.2 Å². The van der Waals surface area contributed by atoms with Gasteiger partial charge in [-0.1, -0.05) is 30.3 Å². The van der Waals surface area contributed by atoms with Crippen molar-refractivity contribution in [2.24, 2.45) is 7.05 Å². The van der Waals surface area contributed by atoms with E-state index >= 15 is 0 Å². The van der Waals surface area contributed by atoms with Gasteiger partial charge in [0.1, 0.15) is 11.5 Å². The summed E-state index contributed by atoms with van der Waals surface area (Å²) in [6.45, 7) is 1.41. The average Bonchev–Trinajstić information content (AvgIpc) is 3.28. The third kappa shape index (κ3) is 4.70. The van der Waals surface area contributed by atoms with Crippen LogP contribution in [-0.2, 0) is 19.8 Å². The molecule has 0 unspecified atom stereocenters. The number of hydrogen-bond donors (Lipinski definition) is 1. The summed E-state index contributed by atoms with van der Waals surface area (Å²) >= 11 is 0. The quantitative estimate of drug-likeness (QED) is 0.407. The van der Waals surface area contributed by atoms with Crippen molar-refractivity contribution in [1.29, 1.82) is 0 Å². The smallest absolute Gasteiger partial charge is 0.354 e. The Labute approximate surface area is 199 Å². The Bertz CT molecular complexity index is 1340. The van der Waals surface area contributed by atoms with Gasteiger partial charge in [-0.15, -0.1) is 10.2 Å². The van der Waals surface area contributed by atoms with Gasteiger partial charge in [0.05, 0.1) is 11.3 Å². The molecule has 1 aliphatic rings. The summed E-state index contributed by atoms with van der Waals surface area (Å²) in [7, 11) is 1.86. The molecule has 10 heteroatoms. The molecule has 1 N–H and O–H groups in total. The van der Waals surface area contributed by atoms with Crippen LogP contribution < -0.4 is 10.2 Å². The lowest BCUT2D eigenvalue weighted by Crippen LogP contribution is -2.43. The van der Waals surface area contributed by atoms with Gasteiger partial charge >= 0.3 is 6.18 Å². The largest absolute Gasteiger partial charge is 0.416 e. The summed E-state index contributed by atoms with van der Waals surface area (Å²) in [5, 5.41) is 18.5. The Morgan fingerprint density at radius 2 is 1.74 bits per heavy atom. The summed E-state index contributed by atoms with van der Waals surface area (Å²) in [5.41, 5.74) is 0.754. The maximum absolute atomic E-state index is 13.4. The number of fused-ring (bicyclic) bond motifs is 1. The summed E-state index contributed by atoms with van der Waals surface area (Å²) in [6, 6.07) is 12.7. The Morgan fingerprint density at radius 1 is 1.00 bits per heavy atom. The van der Waals surface area contributed by atoms with Crippen LogP contribution in [0, 0.1) is 5.82 Å². The fourth-order valence-corrected chi connectivity index (χ4v) is 4.64. The molecule has 5 rings (SSSR count). The number of rotatable bonds is 5. The summed E-state index contributed by atoms with van der Waals surface area (Å²) in [4.78, 5) is 2.17. The number of piperidine rings is 1. The number of nitrogens with one attached hydrogen (secondary N) is 1. The van der Waals surface area contributed by atoms with Gasteiger partial charge < -0.3 is 10.2 Å². The Balaban J connectivity index is 1.30. The molecule has 4 aromatic rings. The number of halogens is 4. The molecule has 0 amide bonds. The number of anilines is 1. The molecule has 0 atom stereocenters. The normalized spacial score (nSPS) is 15.2. The highest BCUT2D eigenvalue weighted by Crippen LogP contribution is 2.34. The van der Waals surface area contributed by atoms with Gasteiger partial charge in [0.25, 0.3) is 0 Å². The standard InChI is InChI=1S/C25H24F4N6/c1-34-22(8-11-31-34)23-19-4-2-3-5-20(19)24(33-32-23)35-12-9-18(10-13-35)30-15-16-6-7-17(26)14-21(16)25(27,28)29/h2-8,11,14,18,30H,9-10,12-13,15H2,1H3. The number of aromatic nitrogens is 4. The van der Waals surface area contributed by atoms with Gasteiger partial charge in [0.2, 0.25) is 0 Å². The molecule has 0 spiro atoms. The Hall–Kier alpha value is -3.53. The zero-order valence-electron chi connectivity index (χ0n) is 19.1. The van der Waals surface area contributed by atoms with E-state index in [4.69, 9.17) is 0 Å². The number of aryl methyl sites for hydroxylation is 1. The highest BCUT2D eigenvalue weighted by atomic mass is 19.4. The molecule has 6 nitrogen and oxygen atoms in total. The van der Waals surface area contributed by atoms with E-state index in [0.29, 0.717) is 19.2 Å². The zero-order valence-corrected chi connectivity index (χ0v) is 19.1. The van der Waals surface area contributed by atoms with Gasteiger partial charge in [0.15, 0.2) is 5.82 Å². The minimum Gasteiger partial charge on any atom is -0.354 e. The summed E-state index contributed by atoms with van der Waals surface area (Å²) < 4.78 is 55.0. The van der Waals surface area contributed by atoms with Crippen LogP contribution in [0.1, 0.15) is 24.0 Å². The van der Waals surface area contributed by atoms with Gasteiger partial charge in [-0.2, -0.15) is 18.3 Å². The van der Waals surface area contributed by atoms with Crippen molar-refractivity contribution >= 4 is 16.6 Å². The van der Waals surface area contributed by atoms with Crippen LogP contribution in [0.15, 0.2) is 54.7 Å². The highest BCUT2D eigenvalue weighted by Gasteiger charge is 2.34. The average molecular weight is 485 g/mol. The topological polar surface area (TPSA) is 58.9 Å². The molecule has 1 fully saturated rings. The maximum atomic E-state index is 13.4. The second kappa shape index (κ2) is 9.26. The first-order valence-electron chi connectivity index (χ1n) is 11.4. The minimum absolute atomic E-state index is 0.0297. The molecular weight excluding hydrogens is 460 g/mol. The van der Waals surface area contributed by atoms with Gasteiger partial charge in [-0.3, -0.25) is 4.68 Å². The van der Waals surface area contributed by atoms with E-state index in [0.717, 1.165) is 46.9 Å². The second-order valence-corrected chi connectivity index (χ2v) is 8.70. The Kier molecular flexibility index (Phi) is 6.14. The van der Waals surface area contributed by atoms with Crippen molar-refractivity contribution in [1.82, 2.24) is 25.3 Å². The summed E-state index contributed by atoms with van der Waals surface area (Å²) in [5.74, 6) is -0.0972. The fraction of sp³-hybridized carbons (Fsp3) is 0.320. The monoisotopic (exact) mass is 484 g/mol. The predicted molar refractivity (Wildman–Crippen MR) is 125 cm³/mol. The molecule has 0 radical (unpaired) electrons. The highest BCUT2D eigenvalue weighted by molar-refractivity contribution is 5.99. The lowest BCUT2D eigenvalue weighted by Gasteiger charge is -2.33. The van der Waals surface area contributed by atoms with Gasteiger partial charge in [0, 0.05) is 49.7 Å². The van der Waals surface area contributed by atoms with E-state index in [2.05, 4.69) is 25.5 Å². The van der Waals surface area contributed by atoms with Crippen molar-refractivity contribution in [2.75, 3.05) is 18.0 Å². The molecular formula is C25H24F4N6. The number of alkyl halides is 3. The lowest BCUT2D eigenvalue weighted by molar-refractivity contribution is -0.138.